The van der Waals surface area contributed by atoms with Crippen LogP contribution in [0.2, 0.25) is 0 Å². The molecule has 12 nitrogen and oxygen atoms in total. The van der Waals surface area contributed by atoms with Crippen LogP contribution < -0.4 is 36.4 Å². The molecule has 0 radical (unpaired) electrons. The summed E-state index contributed by atoms with van der Waals surface area (Å²) in [5.74, 6) is -0.0233. The molecule has 0 fully saturated rings. The minimum Gasteiger partial charge on any atom is -0.486 e. The third-order valence-electron chi connectivity index (χ3n) is 5.82. The summed E-state index contributed by atoms with van der Waals surface area (Å²) in [7, 11) is 0. The molecule has 1 aliphatic heterocycles. The molecule has 0 bridgehead atoms. The fourth-order valence-electron chi connectivity index (χ4n) is 4.05. The Balaban J connectivity index is 1.45. The van der Waals surface area contributed by atoms with E-state index in [0.29, 0.717) is 53.4 Å². The normalized spacial score (nSPS) is 13.0. The van der Waals surface area contributed by atoms with Crippen molar-refractivity contribution in [3.05, 3.63) is 52.4 Å². The number of nitrogens with two attached hydrogens (primary N) is 2. The first-order valence-electron chi connectivity index (χ1n) is 11.9. The molecule has 38 heavy (non-hydrogen) atoms. The predicted octanol–water partition coefficient (Wildman–Crippen LogP) is 1.54. The zero-order valence-corrected chi connectivity index (χ0v) is 20.7. The summed E-state index contributed by atoms with van der Waals surface area (Å²) in [6, 6.07) is 8.78. The van der Waals surface area contributed by atoms with Gasteiger partial charge in [-0.3, -0.25) is 14.6 Å². The number of amides is 1. The number of benzene rings is 2. The van der Waals surface area contributed by atoms with Crippen molar-refractivity contribution in [3.63, 3.8) is 0 Å². The predicted molar refractivity (Wildman–Crippen MR) is 139 cm³/mol. The van der Waals surface area contributed by atoms with E-state index < -0.39 is 24.5 Å². The fraction of sp³-hybridized carbons (Fsp3) is 0.308. The lowest BCUT2D eigenvalue weighted by Crippen LogP contribution is -2.43. The number of rotatable bonds is 10. The van der Waals surface area contributed by atoms with Crippen LogP contribution in [0.1, 0.15) is 18.6 Å². The molecule has 6 N–H and O–H groups in total. The first kappa shape index (κ1) is 26.3. The molecule has 1 aromatic heterocycles. The van der Waals surface area contributed by atoms with Gasteiger partial charge in [0.2, 0.25) is 5.43 Å². The van der Waals surface area contributed by atoms with Crippen LogP contribution >= 0.6 is 0 Å². The van der Waals surface area contributed by atoms with Gasteiger partial charge in [0.1, 0.15) is 36.3 Å². The topological polar surface area (TPSA) is 189 Å². The summed E-state index contributed by atoms with van der Waals surface area (Å²) >= 11 is 0. The highest BCUT2D eigenvalue weighted by Gasteiger charge is 2.21. The van der Waals surface area contributed by atoms with Crippen molar-refractivity contribution in [2.45, 2.75) is 25.8 Å². The Bertz CT molecular complexity index is 1450. The molecular weight excluding hydrogens is 496 g/mol. The molecular formula is C26H28N4O8. The Hall–Kier alpha value is -4.74. The lowest BCUT2D eigenvalue weighted by molar-refractivity contribution is -0.142. The Morgan fingerprint density at radius 2 is 1.89 bits per heavy atom. The van der Waals surface area contributed by atoms with Crippen LogP contribution in [-0.2, 0) is 9.59 Å². The molecule has 12 heteroatoms. The Labute approximate surface area is 217 Å². The van der Waals surface area contributed by atoms with Crippen LogP contribution in [0, 0.1) is 6.92 Å². The number of nitrogens with zero attached hydrogens (tertiary/aromatic N) is 1. The van der Waals surface area contributed by atoms with Crippen molar-refractivity contribution in [1.29, 1.82) is 0 Å². The van der Waals surface area contributed by atoms with E-state index in [0.717, 1.165) is 0 Å². The molecule has 1 unspecified atom stereocenters. The lowest BCUT2D eigenvalue weighted by atomic mass is 10.0. The number of fused-ring (bicyclic) bond motifs is 2. The highest BCUT2D eigenvalue weighted by atomic mass is 16.6. The Morgan fingerprint density at radius 3 is 2.63 bits per heavy atom. The molecule has 2 aromatic carbocycles. The number of aryl methyl sites for hydroxylation is 1. The number of hydrogen-bond acceptors (Lipinski definition) is 8. The van der Waals surface area contributed by atoms with Gasteiger partial charge in [-0.05, 0) is 49.6 Å². The number of aliphatic carboxylic acids is 1. The van der Waals surface area contributed by atoms with Crippen molar-refractivity contribution in [1.82, 2.24) is 5.32 Å². The Kier molecular flexibility index (Phi) is 8.00. The first-order chi connectivity index (χ1) is 18.2. The van der Waals surface area contributed by atoms with Crippen LogP contribution in [-0.4, -0.2) is 55.3 Å². The van der Waals surface area contributed by atoms with E-state index >= 15 is 0 Å². The van der Waals surface area contributed by atoms with E-state index in [-0.39, 0.29) is 35.7 Å². The number of aliphatic imine (C=N–C) groups is 1. The van der Waals surface area contributed by atoms with Gasteiger partial charge in [-0.15, -0.1) is 0 Å². The average Bonchev–Trinajstić information content (AvgIpc) is 2.88. The minimum absolute atomic E-state index is 0.0877. The second-order valence-electron chi connectivity index (χ2n) is 8.57. The molecule has 0 aliphatic carbocycles. The lowest BCUT2D eigenvalue weighted by Gasteiger charge is -2.19. The van der Waals surface area contributed by atoms with Crippen LogP contribution in [0.15, 0.2) is 50.6 Å². The van der Waals surface area contributed by atoms with Crippen LogP contribution in [0.5, 0.6) is 17.2 Å². The molecule has 0 spiro atoms. The molecule has 1 amide bonds. The number of guanidine groups is 1. The van der Waals surface area contributed by atoms with Gasteiger partial charge in [-0.25, -0.2) is 4.79 Å². The maximum atomic E-state index is 13.3. The van der Waals surface area contributed by atoms with E-state index in [2.05, 4.69) is 10.3 Å². The van der Waals surface area contributed by atoms with Gasteiger partial charge in [-0.1, -0.05) is 6.07 Å². The summed E-state index contributed by atoms with van der Waals surface area (Å²) in [4.78, 5) is 40.8. The highest BCUT2D eigenvalue weighted by molar-refractivity contribution is 5.86. The third-order valence-corrected chi connectivity index (χ3v) is 5.82. The highest BCUT2D eigenvalue weighted by Crippen LogP contribution is 2.35. The second-order valence-corrected chi connectivity index (χ2v) is 8.57. The van der Waals surface area contributed by atoms with E-state index in [9.17, 15) is 19.5 Å². The number of carboxylic acid groups (broad SMARTS) is 1. The molecule has 200 valence electrons. The van der Waals surface area contributed by atoms with Crippen molar-refractivity contribution < 1.29 is 33.3 Å². The van der Waals surface area contributed by atoms with Crippen molar-refractivity contribution >= 4 is 28.8 Å². The van der Waals surface area contributed by atoms with Crippen LogP contribution in [0.25, 0.3) is 22.1 Å². The number of carboxylic acids is 1. The third kappa shape index (κ3) is 6.14. The largest absolute Gasteiger partial charge is 0.486 e. The van der Waals surface area contributed by atoms with Gasteiger partial charge in [-0.2, -0.15) is 0 Å². The second kappa shape index (κ2) is 11.5. The molecule has 2 heterocycles. The maximum Gasteiger partial charge on any atom is 0.326 e. The standard InChI is InChI=1S/C26H28N4O8/c1-14-23(15-4-7-19-21(11-15)36-10-9-35-19)24(32)17-6-5-16(12-20(17)38-14)37-13-22(31)30-18(25(33)34)3-2-8-29-26(27)28/h4-7,11-12,18H,2-3,8-10,13H2,1H3,(H,30,31)(H,33,34)(H4,27,28,29). The van der Waals surface area contributed by atoms with E-state index in [1.807, 2.05) is 0 Å². The molecule has 4 rings (SSSR count). The molecule has 1 aliphatic rings. The van der Waals surface area contributed by atoms with E-state index in [4.69, 9.17) is 30.1 Å². The fourth-order valence-corrected chi connectivity index (χ4v) is 4.05. The molecule has 3 aromatic rings. The summed E-state index contributed by atoms with van der Waals surface area (Å²) in [6.45, 7) is 2.40. The van der Waals surface area contributed by atoms with Crippen molar-refractivity contribution in [2.75, 3.05) is 26.4 Å². The molecule has 0 saturated heterocycles. The van der Waals surface area contributed by atoms with Crippen molar-refractivity contribution in [2.24, 2.45) is 16.5 Å². The number of ether oxygens (including phenoxy) is 3. The number of carbonyl (C=O) groups excluding carboxylic acids is 1. The smallest absolute Gasteiger partial charge is 0.326 e. The molecule has 1 atom stereocenters. The van der Waals surface area contributed by atoms with Gasteiger partial charge >= 0.3 is 5.97 Å². The summed E-state index contributed by atoms with van der Waals surface area (Å²) in [5.41, 5.74) is 11.6. The monoisotopic (exact) mass is 524 g/mol. The van der Waals surface area contributed by atoms with Crippen molar-refractivity contribution in [3.8, 4) is 28.4 Å². The minimum atomic E-state index is -1.18. The van der Waals surface area contributed by atoms with E-state index in [1.54, 1.807) is 37.3 Å². The summed E-state index contributed by atoms with van der Waals surface area (Å²) < 4.78 is 22.6. The summed E-state index contributed by atoms with van der Waals surface area (Å²) in [5, 5.41) is 12.1. The van der Waals surface area contributed by atoms with Crippen LogP contribution in [0.3, 0.4) is 0 Å². The number of carbonyl (C=O) groups is 2. The number of nitrogens with one attached hydrogen (secondary N) is 1. The first-order valence-corrected chi connectivity index (χ1v) is 11.9. The zero-order chi connectivity index (χ0) is 27.2. The van der Waals surface area contributed by atoms with Gasteiger partial charge in [0.15, 0.2) is 24.1 Å². The SMILES string of the molecule is Cc1oc2cc(OCC(=O)NC(CCCN=C(N)N)C(=O)O)ccc2c(=O)c1-c1ccc2c(c1)OCCO2. The van der Waals surface area contributed by atoms with Gasteiger partial charge < -0.3 is 40.5 Å². The quantitative estimate of drug-likeness (QED) is 0.172. The van der Waals surface area contributed by atoms with Crippen LogP contribution in [0.4, 0.5) is 0 Å². The van der Waals surface area contributed by atoms with Gasteiger partial charge in [0.25, 0.3) is 5.91 Å². The average molecular weight is 525 g/mol. The van der Waals surface area contributed by atoms with Gasteiger partial charge in [0.05, 0.1) is 10.9 Å². The Morgan fingerprint density at radius 1 is 1.13 bits per heavy atom. The number of hydrogen-bond donors (Lipinski definition) is 4. The summed E-state index contributed by atoms with van der Waals surface area (Å²) in [6.07, 6.45) is 0.511. The maximum absolute atomic E-state index is 13.3. The van der Waals surface area contributed by atoms with Gasteiger partial charge in [0, 0.05) is 12.6 Å². The molecule has 0 saturated carbocycles. The zero-order valence-electron chi connectivity index (χ0n) is 20.7. The van der Waals surface area contributed by atoms with E-state index in [1.165, 1.54) is 6.07 Å².